The van der Waals surface area contributed by atoms with Crippen LogP contribution in [0.3, 0.4) is 0 Å². The monoisotopic (exact) mass is 410 g/mol. The molecule has 0 amide bonds. The van der Waals surface area contributed by atoms with E-state index >= 15 is 0 Å². The van der Waals surface area contributed by atoms with Crippen LogP contribution in [0.1, 0.15) is 11.3 Å². The van der Waals surface area contributed by atoms with Crippen LogP contribution in [-0.2, 0) is 13.5 Å². The molecular formula is C15H13BrClFN6. The van der Waals surface area contributed by atoms with Gasteiger partial charge in [-0.3, -0.25) is 4.68 Å². The first-order chi connectivity index (χ1) is 11.4. The second-order valence-corrected chi connectivity index (χ2v) is 6.43. The van der Waals surface area contributed by atoms with Gasteiger partial charge >= 0.3 is 0 Å². The minimum absolute atomic E-state index is 0.128. The molecule has 0 spiro atoms. The van der Waals surface area contributed by atoms with Gasteiger partial charge < -0.3 is 11.1 Å². The van der Waals surface area contributed by atoms with Crippen molar-refractivity contribution in [1.29, 1.82) is 0 Å². The fraction of sp³-hybridized carbons (Fsp3) is 0.133. The van der Waals surface area contributed by atoms with E-state index in [0.717, 1.165) is 4.47 Å². The van der Waals surface area contributed by atoms with E-state index in [0.29, 0.717) is 16.9 Å². The van der Waals surface area contributed by atoms with Gasteiger partial charge in [-0.15, -0.1) is 0 Å². The normalized spacial score (nSPS) is 10.8. The van der Waals surface area contributed by atoms with E-state index in [-0.39, 0.29) is 29.0 Å². The van der Waals surface area contributed by atoms with Gasteiger partial charge in [0.2, 0.25) is 5.95 Å². The number of nitrogens with zero attached hydrogens (tertiary/aromatic N) is 4. The Morgan fingerprint density at radius 2 is 2.17 bits per heavy atom. The van der Waals surface area contributed by atoms with Crippen LogP contribution in [0.5, 0.6) is 0 Å². The number of aromatic nitrogens is 4. The van der Waals surface area contributed by atoms with Gasteiger partial charge in [0.05, 0.1) is 17.6 Å². The lowest BCUT2D eigenvalue weighted by molar-refractivity contribution is 0.613. The van der Waals surface area contributed by atoms with Gasteiger partial charge in [0, 0.05) is 24.1 Å². The SMILES string of the molecule is Cn1cc(Nc2nc(N)c(Cl)c(Cc3cc(Br)ccc3F)n2)cn1. The maximum Gasteiger partial charge on any atom is 0.229 e. The maximum absolute atomic E-state index is 14.0. The molecule has 0 fully saturated rings. The average Bonchev–Trinajstić information content (AvgIpc) is 2.93. The summed E-state index contributed by atoms with van der Waals surface area (Å²) in [6.45, 7) is 0. The fourth-order valence-corrected chi connectivity index (χ4v) is 2.72. The molecule has 2 heterocycles. The molecule has 0 unspecified atom stereocenters. The molecule has 124 valence electrons. The maximum atomic E-state index is 14.0. The number of anilines is 3. The average molecular weight is 412 g/mol. The lowest BCUT2D eigenvalue weighted by atomic mass is 10.1. The van der Waals surface area contributed by atoms with Crippen LogP contribution in [0.4, 0.5) is 21.8 Å². The van der Waals surface area contributed by atoms with Crippen molar-refractivity contribution in [3.05, 3.63) is 57.2 Å². The highest BCUT2D eigenvalue weighted by Gasteiger charge is 2.14. The van der Waals surface area contributed by atoms with E-state index in [2.05, 4.69) is 36.3 Å². The van der Waals surface area contributed by atoms with Crippen LogP contribution in [-0.4, -0.2) is 19.7 Å². The Labute approximate surface area is 151 Å². The largest absolute Gasteiger partial charge is 0.382 e. The first kappa shape index (κ1) is 16.7. The number of nitrogens with two attached hydrogens (primary N) is 1. The second-order valence-electron chi connectivity index (χ2n) is 5.13. The molecule has 1 aromatic carbocycles. The van der Waals surface area contributed by atoms with Crippen LogP contribution in [0.25, 0.3) is 0 Å². The number of benzene rings is 1. The number of halogens is 3. The first-order valence-electron chi connectivity index (χ1n) is 6.94. The number of hydrogen-bond acceptors (Lipinski definition) is 5. The minimum atomic E-state index is -0.340. The highest BCUT2D eigenvalue weighted by atomic mass is 79.9. The Bertz CT molecular complexity index is 898. The van der Waals surface area contributed by atoms with E-state index in [9.17, 15) is 4.39 Å². The molecule has 0 radical (unpaired) electrons. The Kier molecular flexibility index (Phi) is 4.68. The molecule has 0 aliphatic carbocycles. The number of nitrogens with one attached hydrogen (secondary N) is 1. The molecule has 2 aromatic heterocycles. The highest BCUT2D eigenvalue weighted by molar-refractivity contribution is 9.10. The van der Waals surface area contributed by atoms with Crippen molar-refractivity contribution in [2.45, 2.75) is 6.42 Å². The van der Waals surface area contributed by atoms with Crippen LogP contribution >= 0.6 is 27.5 Å². The van der Waals surface area contributed by atoms with E-state index in [1.54, 1.807) is 36.3 Å². The Hall–Kier alpha value is -2.19. The van der Waals surface area contributed by atoms with Gasteiger partial charge in [-0.25, -0.2) is 9.37 Å². The number of hydrogen-bond donors (Lipinski definition) is 2. The second kappa shape index (κ2) is 6.74. The molecule has 3 aromatic rings. The van der Waals surface area contributed by atoms with Crippen LogP contribution in [0.15, 0.2) is 35.1 Å². The van der Waals surface area contributed by atoms with Crippen molar-refractivity contribution in [3.8, 4) is 0 Å². The molecule has 6 nitrogen and oxygen atoms in total. The zero-order valence-electron chi connectivity index (χ0n) is 12.6. The molecule has 9 heteroatoms. The predicted octanol–water partition coefficient (Wildman–Crippen LogP) is 3.68. The topological polar surface area (TPSA) is 81.7 Å². The molecule has 0 aliphatic heterocycles. The van der Waals surface area contributed by atoms with E-state index in [1.165, 1.54) is 6.07 Å². The lowest BCUT2D eigenvalue weighted by Gasteiger charge is -2.10. The van der Waals surface area contributed by atoms with Crippen LogP contribution < -0.4 is 11.1 Å². The van der Waals surface area contributed by atoms with Crippen molar-refractivity contribution < 1.29 is 4.39 Å². The van der Waals surface area contributed by atoms with E-state index < -0.39 is 0 Å². The third-order valence-corrected chi connectivity index (χ3v) is 4.18. The van der Waals surface area contributed by atoms with Gasteiger partial charge in [-0.05, 0) is 23.8 Å². The molecule has 0 saturated heterocycles. The summed E-state index contributed by atoms with van der Waals surface area (Å²) in [4.78, 5) is 8.45. The summed E-state index contributed by atoms with van der Waals surface area (Å²) in [5, 5.41) is 7.26. The van der Waals surface area contributed by atoms with Crippen molar-refractivity contribution in [1.82, 2.24) is 19.7 Å². The summed E-state index contributed by atoms with van der Waals surface area (Å²) in [6.07, 6.45) is 3.59. The summed E-state index contributed by atoms with van der Waals surface area (Å²) in [6, 6.07) is 4.69. The minimum Gasteiger partial charge on any atom is -0.382 e. The highest BCUT2D eigenvalue weighted by Crippen LogP contribution is 2.27. The number of rotatable bonds is 4. The summed E-state index contributed by atoms with van der Waals surface area (Å²) in [5.41, 5.74) is 7.46. The van der Waals surface area contributed by atoms with Gasteiger partial charge in [0.15, 0.2) is 0 Å². The molecule has 3 N–H and O–H groups in total. The zero-order valence-corrected chi connectivity index (χ0v) is 14.9. The lowest BCUT2D eigenvalue weighted by Crippen LogP contribution is -2.06. The molecule has 24 heavy (non-hydrogen) atoms. The molecule has 0 aliphatic rings. The number of aryl methyl sites for hydroxylation is 1. The molecular weight excluding hydrogens is 399 g/mol. The van der Waals surface area contributed by atoms with Gasteiger partial charge in [-0.1, -0.05) is 27.5 Å². The van der Waals surface area contributed by atoms with Crippen molar-refractivity contribution in [2.24, 2.45) is 7.05 Å². The van der Waals surface area contributed by atoms with Gasteiger partial charge in [-0.2, -0.15) is 10.1 Å². The molecule has 0 saturated carbocycles. The van der Waals surface area contributed by atoms with Gasteiger partial charge in [0.25, 0.3) is 0 Å². The standard InChI is InChI=1S/C15H13BrClFN6/c1-24-7-10(6-20-24)21-15-22-12(13(17)14(19)23-15)5-8-4-9(16)2-3-11(8)18/h2-4,6-7H,5H2,1H3,(H3,19,21,22,23). The van der Waals surface area contributed by atoms with Gasteiger partial charge in [0.1, 0.15) is 16.7 Å². The Balaban J connectivity index is 1.93. The number of nitrogen functional groups attached to an aromatic ring is 1. The third kappa shape index (κ3) is 3.65. The Morgan fingerprint density at radius 3 is 2.88 bits per heavy atom. The summed E-state index contributed by atoms with van der Waals surface area (Å²) >= 11 is 9.51. The third-order valence-electron chi connectivity index (χ3n) is 3.27. The Morgan fingerprint density at radius 1 is 1.38 bits per heavy atom. The molecule has 0 bridgehead atoms. The molecule has 3 rings (SSSR count). The van der Waals surface area contributed by atoms with Crippen molar-refractivity contribution in [2.75, 3.05) is 11.1 Å². The summed E-state index contributed by atoms with van der Waals surface area (Å²) < 4.78 is 16.4. The van der Waals surface area contributed by atoms with Crippen molar-refractivity contribution >= 4 is 45.0 Å². The smallest absolute Gasteiger partial charge is 0.229 e. The van der Waals surface area contributed by atoms with E-state index in [4.69, 9.17) is 17.3 Å². The van der Waals surface area contributed by atoms with Crippen molar-refractivity contribution in [3.63, 3.8) is 0 Å². The van der Waals surface area contributed by atoms with E-state index in [1.807, 2.05) is 0 Å². The zero-order chi connectivity index (χ0) is 17.3. The first-order valence-corrected chi connectivity index (χ1v) is 8.11. The summed E-state index contributed by atoms with van der Waals surface area (Å²) in [7, 11) is 1.80. The fourth-order valence-electron chi connectivity index (χ4n) is 2.16. The van der Waals surface area contributed by atoms with Crippen LogP contribution in [0, 0.1) is 5.82 Å². The van der Waals surface area contributed by atoms with Crippen LogP contribution in [0.2, 0.25) is 5.02 Å². The predicted molar refractivity (Wildman–Crippen MR) is 94.9 cm³/mol. The quantitative estimate of drug-likeness (QED) is 0.684. The summed E-state index contributed by atoms with van der Waals surface area (Å²) in [5.74, 6) is 0.0620. The molecule has 0 atom stereocenters.